The number of halogens is 1. The van der Waals surface area contributed by atoms with E-state index in [1.165, 1.54) is 0 Å². The summed E-state index contributed by atoms with van der Waals surface area (Å²) in [4.78, 5) is 28.0. The minimum atomic E-state index is -0.473. The summed E-state index contributed by atoms with van der Waals surface area (Å²) >= 11 is 5.86. The maximum absolute atomic E-state index is 12.5. The van der Waals surface area contributed by atoms with Crippen molar-refractivity contribution in [3.63, 3.8) is 0 Å². The molecule has 25 heavy (non-hydrogen) atoms. The van der Waals surface area contributed by atoms with E-state index in [1.807, 2.05) is 27.8 Å². The van der Waals surface area contributed by atoms with Crippen molar-refractivity contribution in [2.24, 2.45) is 5.92 Å². The molecule has 1 fully saturated rings. The molecule has 5 nitrogen and oxygen atoms in total. The van der Waals surface area contributed by atoms with Gasteiger partial charge in [0.1, 0.15) is 5.60 Å². The standard InChI is InChI=1S/C19H27ClN2O3/c1-19(2,3)25-18(24)22-11-9-14(10-12-22)13-21(4)17(23)15-5-7-16(20)8-6-15/h5-8,14H,9-13H2,1-4H3. The number of hydrogen-bond donors (Lipinski definition) is 0. The van der Waals surface area contributed by atoms with Gasteiger partial charge in [0, 0.05) is 37.3 Å². The third kappa shape index (κ3) is 5.92. The Morgan fingerprint density at radius 2 is 1.76 bits per heavy atom. The van der Waals surface area contributed by atoms with Gasteiger partial charge in [-0.2, -0.15) is 0 Å². The minimum absolute atomic E-state index is 0.00811. The first-order valence-electron chi connectivity index (χ1n) is 8.64. The van der Waals surface area contributed by atoms with E-state index in [0.717, 1.165) is 12.8 Å². The maximum Gasteiger partial charge on any atom is 0.410 e. The third-order valence-electron chi connectivity index (χ3n) is 4.24. The first kappa shape index (κ1) is 19.6. The average Bonchev–Trinajstić information content (AvgIpc) is 2.54. The Morgan fingerprint density at radius 3 is 2.28 bits per heavy atom. The Kier molecular flexibility index (Phi) is 6.33. The van der Waals surface area contributed by atoms with E-state index in [9.17, 15) is 9.59 Å². The molecule has 0 saturated carbocycles. The van der Waals surface area contributed by atoms with Gasteiger partial charge in [-0.1, -0.05) is 11.6 Å². The number of benzene rings is 1. The molecule has 1 aromatic carbocycles. The SMILES string of the molecule is CN(CC1CCN(C(=O)OC(C)(C)C)CC1)C(=O)c1ccc(Cl)cc1. The molecule has 0 N–H and O–H groups in total. The van der Waals surface area contributed by atoms with Crippen LogP contribution >= 0.6 is 11.6 Å². The number of rotatable bonds is 3. The molecule has 0 aliphatic carbocycles. The molecule has 1 aliphatic heterocycles. The molecule has 0 aromatic heterocycles. The number of carbonyl (C=O) groups excluding carboxylic acids is 2. The van der Waals surface area contributed by atoms with Gasteiger partial charge in [-0.05, 0) is 63.8 Å². The highest BCUT2D eigenvalue weighted by Gasteiger charge is 2.28. The maximum atomic E-state index is 12.5. The van der Waals surface area contributed by atoms with Crippen LogP contribution in [0.2, 0.25) is 5.02 Å². The van der Waals surface area contributed by atoms with Crippen LogP contribution in [-0.2, 0) is 4.74 Å². The third-order valence-corrected chi connectivity index (χ3v) is 4.49. The lowest BCUT2D eigenvalue weighted by Gasteiger charge is -2.34. The lowest BCUT2D eigenvalue weighted by atomic mass is 9.96. The van der Waals surface area contributed by atoms with E-state index < -0.39 is 5.60 Å². The molecule has 2 rings (SSSR count). The summed E-state index contributed by atoms with van der Waals surface area (Å²) in [6.45, 7) is 7.63. The number of carbonyl (C=O) groups is 2. The molecular formula is C19H27ClN2O3. The lowest BCUT2D eigenvalue weighted by Crippen LogP contribution is -2.44. The molecule has 1 saturated heterocycles. The summed E-state index contributed by atoms with van der Waals surface area (Å²) in [5.41, 5.74) is 0.164. The van der Waals surface area contributed by atoms with Gasteiger partial charge in [-0.15, -0.1) is 0 Å². The predicted octanol–water partition coefficient (Wildman–Crippen LogP) is 4.06. The zero-order valence-corrected chi connectivity index (χ0v) is 16.2. The van der Waals surface area contributed by atoms with Gasteiger partial charge in [-0.3, -0.25) is 4.79 Å². The first-order valence-corrected chi connectivity index (χ1v) is 9.02. The number of piperidine rings is 1. The van der Waals surface area contributed by atoms with E-state index in [1.54, 1.807) is 34.1 Å². The summed E-state index contributed by atoms with van der Waals surface area (Å²) < 4.78 is 5.41. The van der Waals surface area contributed by atoms with Gasteiger partial charge < -0.3 is 14.5 Å². The zero-order valence-electron chi connectivity index (χ0n) is 15.4. The van der Waals surface area contributed by atoms with Gasteiger partial charge in [0.2, 0.25) is 0 Å². The van der Waals surface area contributed by atoms with Crippen molar-refractivity contribution in [2.45, 2.75) is 39.2 Å². The second-order valence-electron chi connectivity index (χ2n) is 7.60. The minimum Gasteiger partial charge on any atom is -0.444 e. The van der Waals surface area contributed by atoms with Crippen molar-refractivity contribution in [3.8, 4) is 0 Å². The fraction of sp³-hybridized carbons (Fsp3) is 0.579. The Hall–Kier alpha value is -1.75. The summed E-state index contributed by atoms with van der Waals surface area (Å²) in [5, 5.41) is 0.619. The fourth-order valence-corrected chi connectivity index (χ4v) is 3.03. The molecule has 138 valence electrons. The predicted molar refractivity (Wildman–Crippen MR) is 98.9 cm³/mol. The quantitative estimate of drug-likeness (QED) is 0.810. The number of likely N-dealkylation sites (tertiary alicyclic amines) is 1. The number of ether oxygens (including phenoxy) is 1. The lowest BCUT2D eigenvalue weighted by molar-refractivity contribution is 0.0171. The van der Waals surface area contributed by atoms with Crippen molar-refractivity contribution < 1.29 is 14.3 Å². The molecule has 2 amide bonds. The van der Waals surface area contributed by atoms with Crippen molar-refractivity contribution >= 4 is 23.6 Å². The largest absolute Gasteiger partial charge is 0.444 e. The van der Waals surface area contributed by atoms with Gasteiger partial charge >= 0.3 is 6.09 Å². The Morgan fingerprint density at radius 1 is 1.20 bits per heavy atom. The van der Waals surface area contributed by atoms with Crippen LogP contribution in [-0.4, -0.2) is 54.1 Å². The van der Waals surface area contributed by atoms with Crippen LogP contribution in [0.25, 0.3) is 0 Å². The van der Waals surface area contributed by atoms with Crippen LogP contribution in [0, 0.1) is 5.92 Å². The smallest absolute Gasteiger partial charge is 0.410 e. The highest BCUT2D eigenvalue weighted by molar-refractivity contribution is 6.30. The number of nitrogens with zero attached hydrogens (tertiary/aromatic N) is 2. The number of amides is 2. The van der Waals surface area contributed by atoms with E-state index >= 15 is 0 Å². The topological polar surface area (TPSA) is 49.9 Å². The van der Waals surface area contributed by atoms with Crippen LogP contribution in [0.5, 0.6) is 0 Å². The zero-order chi connectivity index (χ0) is 18.6. The molecule has 0 radical (unpaired) electrons. The van der Waals surface area contributed by atoms with Gasteiger partial charge in [-0.25, -0.2) is 4.79 Å². The van der Waals surface area contributed by atoms with Gasteiger partial charge in [0.25, 0.3) is 5.91 Å². The summed E-state index contributed by atoms with van der Waals surface area (Å²) in [7, 11) is 1.82. The highest BCUT2D eigenvalue weighted by atomic mass is 35.5. The molecule has 6 heteroatoms. The molecular weight excluding hydrogens is 340 g/mol. The van der Waals surface area contributed by atoms with Crippen LogP contribution < -0.4 is 0 Å². The monoisotopic (exact) mass is 366 g/mol. The van der Waals surface area contributed by atoms with Crippen LogP contribution in [0.3, 0.4) is 0 Å². The molecule has 1 aliphatic rings. The molecule has 0 spiro atoms. The van der Waals surface area contributed by atoms with Gasteiger partial charge in [0.05, 0.1) is 0 Å². The van der Waals surface area contributed by atoms with E-state index in [2.05, 4.69) is 0 Å². The molecule has 0 atom stereocenters. The molecule has 0 bridgehead atoms. The van der Waals surface area contributed by atoms with Crippen LogP contribution in [0.4, 0.5) is 4.79 Å². The van der Waals surface area contributed by atoms with Crippen LogP contribution in [0.15, 0.2) is 24.3 Å². The summed E-state index contributed by atoms with van der Waals surface area (Å²) in [6.07, 6.45) is 1.49. The molecule has 0 unspecified atom stereocenters. The van der Waals surface area contributed by atoms with Crippen molar-refractivity contribution in [3.05, 3.63) is 34.9 Å². The number of hydrogen-bond acceptors (Lipinski definition) is 3. The Bertz CT molecular complexity index is 602. The van der Waals surface area contributed by atoms with Gasteiger partial charge in [0.15, 0.2) is 0 Å². The molecule has 1 heterocycles. The summed E-state index contributed by atoms with van der Waals surface area (Å²) in [5.74, 6) is 0.381. The molecule has 1 aromatic rings. The van der Waals surface area contributed by atoms with E-state index in [4.69, 9.17) is 16.3 Å². The van der Waals surface area contributed by atoms with Crippen molar-refractivity contribution in [2.75, 3.05) is 26.7 Å². The van der Waals surface area contributed by atoms with Crippen LogP contribution in [0.1, 0.15) is 44.0 Å². The van der Waals surface area contributed by atoms with E-state index in [-0.39, 0.29) is 12.0 Å². The van der Waals surface area contributed by atoms with Crippen molar-refractivity contribution in [1.29, 1.82) is 0 Å². The highest BCUT2D eigenvalue weighted by Crippen LogP contribution is 2.21. The fourth-order valence-electron chi connectivity index (χ4n) is 2.91. The normalized spacial score (nSPS) is 15.8. The van der Waals surface area contributed by atoms with E-state index in [0.29, 0.717) is 36.1 Å². The Labute approximate surface area is 154 Å². The van der Waals surface area contributed by atoms with Crippen molar-refractivity contribution in [1.82, 2.24) is 9.80 Å². The second-order valence-corrected chi connectivity index (χ2v) is 8.04. The summed E-state index contributed by atoms with van der Waals surface area (Å²) in [6, 6.07) is 6.93. The second kappa shape index (κ2) is 8.09. The Balaban J connectivity index is 1.82. The average molecular weight is 367 g/mol. The first-order chi connectivity index (χ1) is 11.7.